The molecule has 0 saturated carbocycles. The molecular weight excluding hydrogens is 326 g/mol. The van der Waals surface area contributed by atoms with E-state index in [0.717, 1.165) is 6.07 Å². The smallest absolute Gasteiger partial charge is 0.335 e. The van der Waals surface area contributed by atoms with Gasteiger partial charge in [0, 0.05) is 34.4 Å². The van der Waals surface area contributed by atoms with Crippen LogP contribution < -0.4 is 4.72 Å². The highest BCUT2D eigenvalue weighted by Crippen LogP contribution is 2.25. The second kappa shape index (κ2) is 6.66. The van der Waals surface area contributed by atoms with Gasteiger partial charge < -0.3 is 5.11 Å². The molecule has 0 aromatic heterocycles. The van der Waals surface area contributed by atoms with Gasteiger partial charge in [-0.25, -0.2) is 17.9 Å². The van der Waals surface area contributed by atoms with Crippen molar-refractivity contribution in [1.29, 1.82) is 0 Å². The van der Waals surface area contributed by atoms with Crippen LogP contribution in [0.3, 0.4) is 0 Å². The Morgan fingerprint density at radius 2 is 2.05 bits per heavy atom. The lowest BCUT2D eigenvalue weighted by molar-refractivity contribution is 0.0696. The number of hydrogen-bond donors (Lipinski definition) is 2. The minimum Gasteiger partial charge on any atom is -0.478 e. The van der Waals surface area contributed by atoms with E-state index >= 15 is 0 Å². The number of carboxylic acid groups (broad SMARTS) is 1. The average Bonchev–Trinajstić information content (AvgIpc) is 2.31. The van der Waals surface area contributed by atoms with E-state index in [2.05, 4.69) is 4.72 Å². The number of aromatic carboxylic acids is 1. The minimum absolute atomic E-state index is 0.000196. The van der Waals surface area contributed by atoms with E-state index in [9.17, 15) is 17.4 Å². The summed E-state index contributed by atoms with van der Waals surface area (Å²) >= 11 is 5.85. The lowest BCUT2D eigenvalue weighted by Gasteiger charge is -2.11. The normalized spacial score (nSPS) is 13.2. The Kier molecular flexibility index (Phi) is 5.69. The molecule has 1 aromatic rings. The molecule has 20 heavy (non-hydrogen) atoms. The third-order valence-electron chi connectivity index (χ3n) is 2.51. The van der Waals surface area contributed by atoms with Gasteiger partial charge in [0.05, 0.1) is 10.5 Å². The van der Waals surface area contributed by atoms with Gasteiger partial charge in [-0.05, 0) is 24.6 Å². The van der Waals surface area contributed by atoms with Crippen LogP contribution in [-0.2, 0) is 20.8 Å². The van der Waals surface area contributed by atoms with E-state index in [-0.39, 0.29) is 33.3 Å². The lowest BCUT2D eigenvalue weighted by atomic mass is 10.1. The van der Waals surface area contributed by atoms with Crippen LogP contribution in [0.25, 0.3) is 0 Å². The molecule has 1 rings (SSSR count). The Labute approximate surface area is 124 Å². The van der Waals surface area contributed by atoms with E-state index in [1.807, 2.05) is 0 Å². The van der Waals surface area contributed by atoms with Crippen LogP contribution in [0.1, 0.15) is 15.9 Å². The Morgan fingerprint density at radius 3 is 2.55 bits per heavy atom. The molecule has 0 spiro atoms. The molecule has 0 fully saturated rings. The Hall–Kier alpha value is -0.960. The monoisotopic (exact) mass is 339 g/mol. The van der Waals surface area contributed by atoms with Crippen molar-refractivity contribution < 1.29 is 22.5 Å². The van der Waals surface area contributed by atoms with E-state index in [0.29, 0.717) is 0 Å². The predicted molar refractivity (Wildman–Crippen MR) is 77.3 cm³/mol. The van der Waals surface area contributed by atoms with Gasteiger partial charge in [0.15, 0.2) is 0 Å². The van der Waals surface area contributed by atoms with Crippen LogP contribution in [0.15, 0.2) is 17.0 Å². The van der Waals surface area contributed by atoms with Gasteiger partial charge in [0.2, 0.25) is 10.0 Å². The summed E-state index contributed by atoms with van der Waals surface area (Å²) in [7, 11) is -5.02. The maximum Gasteiger partial charge on any atom is 0.335 e. The van der Waals surface area contributed by atoms with Crippen molar-refractivity contribution in [3.8, 4) is 0 Å². The number of rotatable bonds is 6. The number of nitrogens with one attached hydrogen (secondary N) is 1. The fourth-order valence-electron chi connectivity index (χ4n) is 1.45. The molecular formula is C11H14ClNO5S2. The second-order valence-electron chi connectivity index (χ2n) is 4.06. The predicted octanol–water partition coefficient (Wildman–Crippen LogP) is 1.00. The van der Waals surface area contributed by atoms with E-state index in [1.165, 1.54) is 19.2 Å². The Balaban J connectivity index is 3.17. The molecule has 2 N–H and O–H groups in total. The van der Waals surface area contributed by atoms with Crippen molar-refractivity contribution in [2.75, 3.05) is 18.6 Å². The molecule has 0 heterocycles. The molecule has 1 atom stereocenters. The molecule has 0 saturated heterocycles. The van der Waals surface area contributed by atoms with Crippen molar-refractivity contribution in [2.45, 2.75) is 11.8 Å². The Morgan fingerprint density at radius 1 is 1.45 bits per heavy atom. The third-order valence-corrected chi connectivity index (χ3v) is 5.27. The number of carboxylic acids is 1. The highest BCUT2D eigenvalue weighted by molar-refractivity contribution is 7.89. The summed E-state index contributed by atoms with van der Waals surface area (Å²) in [5.74, 6) is -1.09. The number of hydrogen-bond acceptors (Lipinski definition) is 4. The molecule has 0 aliphatic rings. The van der Waals surface area contributed by atoms with Crippen molar-refractivity contribution in [1.82, 2.24) is 4.72 Å². The molecule has 9 heteroatoms. The van der Waals surface area contributed by atoms with Crippen LogP contribution in [0.2, 0.25) is 5.02 Å². The quantitative estimate of drug-likeness (QED) is 0.805. The zero-order valence-corrected chi connectivity index (χ0v) is 13.2. The molecule has 0 aliphatic carbocycles. The van der Waals surface area contributed by atoms with Crippen molar-refractivity contribution in [2.24, 2.45) is 0 Å². The molecule has 0 amide bonds. The van der Waals surface area contributed by atoms with Crippen LogP contribution >= 0.6 is 11.6 Å². The first-order chi connectivity index (χ1) is 9.15. The first-order valence-electron chi connectivity index (χ1n) is 5.48. The average molecular weight is 340 g/mol. The van der Waals surface area contributed by atoms with Crippen LogP contribution in [-0.4, -0.2) is 42.3 Å². The Bertz CT molecular complexity index is 657. The maximum absolute atomic E-state index is 12.1. The van der Waals surface area contributed by atoms with Gasteiger partial charge >= 0.3 is 5.97 Å². The van der Waals surface area contributed by atoms with Gasteiger partial charge in [-0.1, -0.05) is 11.6 Å². The largest absolute Gasteiger partial charge is 0.478 e. The van der Waals surface area contributed by atoms with Gasteiger partial charge in [-0.3, -0.25) is 4.21 Å². The zero-order valence-electron chi connectivity index (χ0n) is 10.8. The molecule has 112 valence electrons. The number of halogens is 1. The fraction of sp³-hybridized carbons (Fsp3) is 0.364. The summed E-state index contributed by atoms with van der Waals surface area (Å²) in [5.41, 5.74) is 0.0573. The molecule has 0 aliphatic heterocycles. The van der Waals surface area contributed by atoms with Gasteiger partial charge in [0.25, 0.3) is 0 Å². The highest BCUT2D eigenvalue weighted by Gasteiger charge is 2.21. The number of carbonyl (C=O) groups is 1. The maximum atomic E-state index is 12.1. The summed E-state index contributed by atoms with van der Waals surface area (Å²) < 4.78 is 37.4. The molecule has 1 unspecified atom stereocenters. The van der Waals surface area contributed by atoms with Gasteiger partial charge in [-0.15, -0.1) is 0 Å². The topological polar surface area (TPSA) is 101 Å². The summed E-state index contributed by atoms with van der Waals surface area (Å²) in [4.78, 5) is 10.7. The lowest BCUT2D eigenvalue weighted by Crippen LogP contribution is -2.28. The van der Waals surface area contributed by atoms with Crippen LogP contribution in [0, 0.1) is 6.92 Å². The van der Waals surface area contributed by atoms with E-state index in [1.54, 1.807) is 0 Å². The third kappa shape index (κ3) is 4.27. The molecule has 1 aromatic carbocycles. The van der Waals surface area contributed by atoms with Crippen molar-refractivity contribution in [3.05, 3.63) is 28.3 Å². The zero-order chi connectivity index (χ0) is 15.5. The first kappa shape index (κ1) is 17.1. The number of benzene rings is 1. The standard InChI is InChI=1S/C11H14ClNO5S2/c1-7-9(12)5-8(11(14)15)6-10(7)20(17,18)13-3-4-19(2)16/h5-6,13H,3-4H2,1-2H3,(H,14,15). The molecule has 0 radical (unpaired) electrons. The van der Waals surface area contributed by atoms with Crippen molar-refractivity contribution in [3.63, 3.8) is 0 Å². The van der Waals surface area contributed by atoms with Gasteiger partial charge in [0.1, 0.15) is 0 Å². The minimum atomic E-state index is -3.90. The fourth-order valence-corrected chi connectivity index (χ4v) is 3.57. The molecule has 0 bridgehead atoms. The summed E-state index contributed by atoms with van der Waals surface area (Å²) in [5, 5.41) is 8.98. The molecule has 6 nitrogen and oxygen atoms in total. The van der Waals surface area contributed by atoms with E-state index < -0.39 is 26.8 Å². The van der Waals surface area contributed by atoms with Gasteiger partial charge in [-0.2, -0.15) is 0 Å². The first-order valence-corrected chi connectivity index (χ1v) is 9.07. The summed E-state index contributed by atoms with van der Waals surface area (Å²) in [6.45, 7) is 1.49. The summed E-state index contributed by atoms with van der Waals surface area (Å²) in [6.07, 6.45) is 1.46. The highest BCUT2D eigenvalue weighted by atomic mass is 35.5. The van der Waals surface area contributed by atoms with Crippen LogP contribution in [0.5, 0.6) is 0 Å². The summed E-state index contributed by atoms with van der Waals surface area (Å²) in [6, 6.07) is 2.24. The SMILES string of the molecule is Cc1c(Cl)cc(C(=O)O)cc1S(=O)(=O)NCCS(C)=O. The van der Waals surface area contributed by atoms with Crippen molar-refractivity contribution >= 4 is 38.4 Å². The van der Waals surface area contributed by atoms with Crippen LogP contribution in [0.4, 0.5) is 0 Å². The number of sulfonamides is 1. The van der Waals surface area contributed by atoms with E-state index in [4.69, 9.17) is 16.7 Å². The second-order valence-corrected chi connectivity index (χ2v) is 7.76.